The number of rotatable bonds is 0. The van der Waals surface area contributed by atoms with Gasteiger partial charge in [0, 0.05) is 9.81 Å². The predicted molar refractivity (Wildman–Crippen MR) is 136 cm³/mol. The molecule has 0 nitrogen and oxygen atoms in total. The molecule has 0 aromatic carbocycles. The van der Waals surface area contributed by atoms with Crippen LogP contribution < -0.4 is 0 Å². The summed E-state index contributed by atoms with van der Waals surface area (Å²) < 4.78 is 0.143. The van der Waals surface area contributed by atoms with Crippen molar-refractivity contribution in [3.05, 3.63) is 44.3 Å². The molecule has 0 aromatic heterocycles. The first-order valence-electron chi connectivity index (χ1n) is 10.9. The highest BCUT2D eigenvalue weighted by molar-refractivity contribution is 8.37. The Balaban J connectivity index is 2.00. The van der Waals surface area contributed by atoms with Crippen molar-refractivity contribution in [2.45, 2.75) is 91.2 Å². The Labute approximate surface area is 191 Å². The standard InChI is InChI=1S/C26H38S3/c1-21(2,3)15-13-17(23(7,8)9)25-19(15)27-26(29-25)18(24(10,11)12)14-16(20(26)28-25)22(4,5)6/h13-14H,1-12H3. The van der Waals surface area contributed by atoms with E-state index in [2.05, 4.69) is 131 Å². The molecule has 2 unspecified atom stereocenters. The second-order valence-corrected chi connectivity index (χ2v) is 17.5. The van der Waals surface area contributed by atoms with E-state index in [0.29, 0.717) is 0 Å². The Kier molecular flexibility index (Phi) is 4.49. The zero-order valence-electron chi connectivity index (χ0n) is 20.4. The summed E-state index contributed by atoms with van der Waals surface area (Å²) in [5, 5.41) is 0. The van der Waals surface area contributed by atoms with Gasteiger partial charge < -0.3 is 0 Å². The third-order valence-corrected chi connectivity index (χ3v) is 12.2. The van der Waals surface area contributed by atoms with Crippen LogP contribution in [-0.2, 0) is 0 Å². The molecule has 4 rings (SSSR count). The second-order valence-electron chi connectivity index (χ2n) is 13.1. The molecule has 0 N–H and O–H groups in total. The molecule has 29 heavy (non-hydrogen) atoms. The molecule has 2 aliphatic heterocycles. The van der Waals surface area contributed by atoms with Crippen molar-refractivity contribution in [1.29, 1.82) is 0 Å². The average molecular weight is 447 g/mol. The van der Waals surface area contributed by atoms with E-state index in [4.69, 9.17) is 0 Å². The molecule has 0 radical (unpaired) electrons. The predicted octanol–water partition coefficient (Wildman–Crippen LogP) is 9.18. The molecule has 0 aromatic rings. The molecule has 2 atom stereocenters. The van der Waals surface area contributed by atoms with Crippen molar-refractivity contribution in [3.63, 3.8) is 0 Å². The molecule has 2 heterocycles. The van der Waals surface area contributed by atoms with Crippen LogP contribution in [0.4, 0.5) is 0 Å². The van der Waals surface area contributed by atoms with E-state index < -0.39 is 0 Å². The van der Waals surface area contributed by atoms with Crippen molar-refractivity contribution >= 4 is 35.3 Å². The van der Waals surface area contributed by atoms with Gasteiger partial charge in [0.2, 0.25) is 0 Å². The first-order chi connectivity index (χ1) is 12.8. The Bertz CT molecular complexity index is 837. The molecule has 160 valence electrons. The Morgan fingerprint density at radius 3 is 1.07 bits per heavy atom. The molecule has 0 amide bonds. The normalized spacial score (nSPS) is 32.1. The monoisotopic (exact) mass is 446 g/mol. The van der Waals surface area contributed by atoms with E-state index >= 15 is 0 Å². The van der Waals surface area contributed by atoms with Gasteiger partial charge in [-0.15, -0.1) is 11.8 Å². The average Bonchev–Trinajstić information content (AvgIpc) is 3.10. The highest BCUT2D eigenvalue weighted by atomic mass is 32.2. The fourth-order valence-electron chi connectivity index (χ4n) is 4.92. The zero-order chi connectivity index (χ0) is 22.0. The van der Waals surface area contributed by atoms with Gasteiger partial charge in [-0.3, -0.25) is 0 Å². The summed E-state index contributed by atoms with van der Waals surface area (Å²) in [6.07, 6.45) is 5.15. The van der Waals surface area contributed by atoms with Crippen LogP contribution in [-0.4, -0.2) is 8.16 Å². The summed E-state index contributed by atoms with van der Waals surface area (Å²) in [6.45, 7) is 28.7. The summed E-state index contributed by atoms with van der Waals surface area (Å²) in [4.78, 5) is 3.28. The van der Waals surface area contributed by atoms with E-state index in [-0.39, 0.29) is 29.8 Å². The largest absolute Gasteiger partial charge is 0.121 e. The van der Waals surface area contributed by atoms with Gasteiger partial charge in [0.1, 0.15) is 8.16 Å². The fraction of sp³-hybridized carbons (Fsp3) is 0.692. The third-order valence-electron chi connectivity index (χ3n) is 6.38. The molecule has 2 saturated heterocycles. The van der Waals surface area contributed by atoms with E-state index in [0.717, 1.165) is 0 Å². The number of hydrogen-bond donors (Lipinski definition) is 0. The van der Waals surface area contributed by atoms with Crippen molar-refractivity contribution in [2.75, 3.05) is 0 Å². The van der Waals surface area contributed by atoms with Crippen molar-refractivity contribution in [1.82, 2.24) is 0 Å². The van der Waals surface area contributed by atoms with Crippen LogP contribution in [0.5, 0.6) is 0 Å². The first-order valence-corrected chi connectivity index (χ1v) is 13.3. The molecule has 2 bridgehead atoms. The molecule has 3 heteroatoms. The highest BCUT2D eigenvalue weighted by Gasteiger charge is 2.71. The number of allylic oxidation sites excluding steroid dienone is 4. The molecular formula is C26H38S3. The zero-order valence-corrected chi connectivity index (χ0v) is 22.8. The molecule has 2 fully saturated rings. The van der Waals surface area contributed by atoms with Gasteiger partial charge in [0.05, 0.1) is 0 Å². The molecule has 2 spiro atoms. The summed E-state index contributed by atoms with van der Waals surface area (Å²) >= 11 is 6.64. The molecule has 0 saturated carbocycles. The van der Waals surface area contributed by atoms with Crippen LogP contribution >= 0.6 is 35.3 Å². The van der Waals surface area contributed by atoms with Crippen LogP contribution in [0, 0.1) is 21.7 Å². The van der Waals surface area contributed by atoms with Crippen molar-refractivity contribution in [2.24, 2.45) is 21.7 Å². The van der Waals surface area contributed by atoms with E-state index in [1.165, 1.54) is 0 Å². The minimum atomic E-state index is 0.0716. The van der Waals surface area contributed by atoms with Crippen LogP contribution in [0.15, 0.2) is 44.3 Å². The van der Waals surface area contributed by atoms with Gasteiger partial charge in [-0.1, -0.05) is 119 Å². The lowest BCUT2D eigenvalue weighted by molar-refractivity contribution is 0.490. The first kappa shape index (κ1) is 22.2. The van der Waals surface area contributed by atoms with Crippen LogP contribution in [0.2, 0.25) is 0 Å². The van der Waals surface area contributed by atoms with E-state index in [1.807, 2.05) is 0 Å². The third kappa shape index (κ3) is 2.96. The maximum Gasteiger partial charge on any atom is 0.121 e. The Morgan fingerprint density at radius 2 is 0.828 bits per heavy atom. The van der Waals surface area contributed by atoms with Gasteiger partial charge >= 0.3 is 0 Å². The fourth-order valence-corrected chi connectivity index (χ4v) is 12.8. The lowest BCUT2D eigenvalue weighted by Crippen LogP contribution is -2.27. The smallest absolute Gasteiger partial charge is 0.106 e. The maximum atomic E-state index is 2.58. The van der Waals surface area contributed by atoms with Gasteiger partial charge in [0.15, 0.2) is 0 Å². The number of thioether (sulfide) groups is 3. The summed E-state index contributed by atoms with van der Waals surface area (Å²) in [5.74, 6) is 0. The minimum absolute atomic E-state index is 0.0716. The maximum absolute atomic E-state index is 2.58. The van der Waals surface area contributed by atoms with Crippen LogP contribution in [0.1, 0.15) is 83.1 Å². The highest BCUT2D eigenvalue weighted by Crippen LogP contribution is 2.87. The Morgan fingerprint density at radius 1 is 0.517 bits per heavy atom. The lowest BCUT2D eigenvalue weighted by Gasteiger charge is -2.36. The van der Waals surface area contributed by atoms with Gasteiger partial charge in [-0.2, -0.15) is 0 Å². The quantitative estimate of drug-likeness (QED) is 0.364. The van der Waals surface area contributed by atoms with E-state index in [9.17, 15) is 0 Å². The lowest BCUT2D eigenvalue weighted by atomic mass is 9.83. The van der Waals surface area contributed by atoms with Crippen LogP contribution in [0.25, 0.3) is 0 Å². The van der Waals surface area contributed by atoms with Gasteiger partial charge in [0.25, 0.3) is 0 Å². The summed E-state index contributed by atoms with van der Waals surface area (Å²) in [7, 11) is 0. The minimum Gasteiger partial charge on any atom is -0.106 e. The van der Waals surface area contributed by atoms with Crippen molar-refractivity contribution in [3.8, 4) is 0 Å². The molecule has 2 aliphatic carbocycles. The summed E-state index contributed by atoms with van der Waals surface area (Å²) in [6, 6.07) is 0. The van der Waals surface area contributed by atoms with Gasteiger partial charge in [-0.05, 0) is 44.0 Å². The molecular weight excluding hydrogens is 408 g/mol. The van der Waals surface area contributed by atoms with E-state index in [1.54, 1.807) is 32.1 Å². The van der Waals surface area contributed by atoms with Crippen molar-refractivity contribution < 1.29 is 0 Å². The topological polar surface area (TPSA) is 0 Å². The SMILES string of the molecule is CC(C)(C)C1=CC(C(C)(C)C)=C2SC34SC12SC3=C(C(C)(C)C)C=C4C(C)(C)C. The van der Waals surface area contributed by atoms with Crippen LogP contribution in [0.3, 0.4) is 0 Å². The summed E-state index contributed by atoms with van der Waals surface area (Å²) in [5.41, 5.74) is 7.05. The second kappa shape index (κ2) is 5.87. The number of hydrogen-bond acceptors (Lipinski definition) is 3. The van der Waals surface area contributed by atoms with Gasteiger partial charge in [-0.25, -0.2) is 0 Å². The Hall–Kier alpha value is 0.01000. The molecule has 4 aliphatic rings.